The lowest BCUT2D eigenvalue weighted by Crippen LogP contribution is -2.04. The van der Waals surface area contributed by atoms with Gasteiger partial charge in [-0.05, 0) is 6.42 Å². The summed E-state index contributed by atoms with van der Waals surface area (Å²) in [5, 5.41) is 14.0. The van der Waals surface area contributed by atoms with Gasteiger partial charge in [0.2, 0.25) is 0 Å². The first-order valence-electron chi connectivity index (χ1n) is 8.36. The number of aromatic nitrogens is 2. The molecule has 2 rings (SSSR count). The summed E-state index contributed by atoms with van der Waals surface area (Å²) in [6.45, 7) is 3.25. The van der Waals surface area contributed by atoms with Gasteiger partial charge in [-0.25, -0.2) is 0 Å². The minimum Gasteiger partial charge on any atom is -0.368 e. The minimum absolute atomic E-state index is 0.913. The molecule has 114 valence electrons. The van der Waals surface area contributed by atoms with E-state index < -0.39 is 0 Å². The molecule has 0 unspecified atom stereocenters. The van der Waals surface area contributed by atoms with Gasteiger partial charge in [-0.15, -0.1) is 5.10 Å². The highest BCUT2D eigenvalue weighted by molar-refractivity contribution is 5.90. The first-order chi connectivity index (χ1) is 10.4. The molecule has 21 heavy (non-hydrogen) atoms. The molecule has 0 saturated carbocycles. The third-order valence-corrected chi connectivity index (χ3v) is 3.89. The van der Waals surface area contributed by atoms with Crippen molar-refractivity contribution in [3.63, 3.8) is 0 Å². The standard InChI is InChI=1S/C18H27N3/c1-2-3-4-5-6-7-8-11-14-19-18-17-13-10-9-12-16(17)15-20-21-18/h9-10,12-13,15H,2-8,11,14H2,1H3,(H,19,21). The van der Waals surface area contributed by atoms with Crippen molar-refractivity contribution < 1.29 is 0 Å². The lowest BCUT2D eigenvalue weighted by Gasteiger charge is -2.07. The van der Waals surface area contributed by atoms with E-state index >= 15 is 0 Å². The van der Waals surface area contributed by atoms with E-state index in [9.17, 15) is 0 Å². The van der Waals surface area contributed by atoms with Crippen molar-refractivity contribution >= 4 is 16.6 Å². The number of anilines is 1. The number of nitrogens with zero attached hydrogens (tertiary/aromatic N) is 2. The maximum absolute atomic E-state index is 4.21. The van der Waals surface area contributed by atoms with Gasteiger partial charge in [0.1, 0.15) is 0 Å². The molecule has 1 N–H and O–H groups in total. The van der Waals surface area contributed by atoms with Crippen molar-refractivity contribution in [2.24, 2.45) is 0 Å². The van der Waals surface area contributed by atoms with E-state index in [2.05, 4.69) is 34.6 Å². The van der Waals surface area contributed by atoms with Crippen molar-refractivity contribution in [1.82, 2.24) is 10.2 Å². The monoisotopic (exact) mass is 285 g/mol. The summed E-state index contributed by atoms with van der Waals surface area (Å²) in [5.41, 5.74) is 0. The lowest BCUT2D eigenvalue weighted by atomic mass is 10.1. The van der Waals surface area contributed by atoms with Crippen LogP contribution in [-0.2, 0) is 0 Å². The van der Waals surface area contributed by atoms with E-state index in [0.717, 1.165) is 23.1 Å². The number of unbranched alkanes of at least 4 members (excludes halogenated alkanes) is 7. The van der Waals surface area contributed by atoms with Crippen LogP contribution in [0.4, 0.5) is 5.82 Å². The Morgan fingerprint density at radius 1 is 0.905 bits per heavy atom. The second kappa shape index (κ2) is 9.32. The largest absolute Gasteiger partial charge is 0.368 e. The van der Waals surface area contributed by atoms with Gasteiger partial charge in [0.05, 0.1) is 6.20 Å². The van der Waals surface area contributed by atoms with Gasteiger partial charge in [0.25, 0.3) is 0 Å². The summed E-state index contributed by atoms with van der Waals surface area (Å²) in [5.74, 6) is 0.913. The van der Waals surface area contributed by atoms with Crippen molar-refractivity contribution in [3.05, 3.63) is 30.5 Å². The van der Waals surface area contributed by atoms with Crippen molar-refractivity contribution in [2.75, 3.05) is 11.9 Å². The average molecular weight is 285 g/mol. The number of hydrogen-bond donors (Lipinski definition) is 1. The maximum atomic E-state index is 4.21. The smallest absolute Gasteiger partial charge is 0.156 e. The van der Waals surface area contributed by atoms with Gasteiger partial charge in [-0.3, -0.25) is 0 Å². The van der Waals surface area contributed by atoms with Gasteiger partial charge in [0.15, 0.2) is 5.82 Å². The molecule has 0 amide bonds. The average Bonchev–Trinajstić information content (AvgIpc) is 2.53. The van der Waals surface area contributed by atoms with Gasteiger partial charge in [-0.1, -0.05) is 76.1 Å². The van der Waals surface area contributed by atoms with Gasteiger partial charge in [-0.2, -0.15) is 5.10 Å². The quantitative estimate of drug-likeness (QED) is 0.611. The van der Waals surface area contributed by atoms with Crippen LogP contribution in [0, 0.1) is 0 Å². The number of hydrogen-bond acceptors (Lipinski definition) is 3. The van der Waals surface area contributed by atoms with E-state index in [0.29, 0.717) is 0 Å². The zero-order valence-corrected chi connectivity index (χ0v) is 13.1. The highest BCUT2D eigenvalue weighted by Gasteiger charge is 2.01. The Kier molecular flexibility index (Phi) is 6.99. The van der Waals surface area contributed by atoms with E-state index in [-0.39, 0.29) is 0 Å². The fourth-order valence-electron chi connectivity index (χ4n) is 2.62. The number of benzene rings is 1. The van der Waals surface area contributed by atoms with Crippen LogP contribution in [-0.4, -0.2) is 16.7 Å². The molecule has 0 atom stereocenters. The Morgan fingerprint density at radius 3 is 2.43 bits per heavy atom. The Morgan fingerprint density at radius 2 is 1.62 bits per heavy atom. The Labute approximate surface area is 128 Å². The zero-order valence-electron chi connectivity index (χ0n) is 13.1. The molecule has 3 nitrogen and oxygen atoms in total. The summed E-state index contributed by atoms with van der Waals surface area (Å²) in [6.07, 6.45) is 12.6. The Balaban J connectivity index is 1.64. The molecule has 1 aromatic heterocycles. The third kappa shape index (κ3) is 5.33. The molecule has 0 aliphatic carbocycles. The first-order valence-corrected chi connectivity index (χ1v) is 8.36. The second-order valence-corrected chi connectivity index (χ2v) is 5.68. The van der Waals surface area contributed by atoms with Crippen molar-refractivity contribution in [2.45, 2.75) is 58.3 Å². The molecule has 0 radical (unpaired) electrons. The van der Waals surface area contributed by atoms with Crippen molar-refractivity contribution in [3.8, 4) is 0 Å². The predicted molar refractivity (Wildman–Crippen MR) is 90.6 cm³/mol. The van der Waals surface area contributed by atoms with Crippen LogP contribution in [0.15, 0.2) is 30.5 Å². The van der Waals surface area contributed by atoms with E-state index in [1.807, 2.05) is 18.3 Å². The molecule has 1 aromatic carbocycles. The lowest BCUT2D eigenvalue weighted by molar-refractivity contribution is 0.581. The van der Waals surface area contributed by atoms with E-state index in [4.69, 9.17) is 0 Å². The van der Waals surface area contributed by atoms with Crippen molar-refractivity contribution in [1.29, 1.82) is 0 Å². The molecule has 0 spiro atoms. The summed E-state index contributed by atoms with van der Waals surface area (Å²) in [7, 11) is 0. The second-order valence-electron chi connectivity index (χ2n) is 5.68. The normalized spacial score (nSPS) is 10.9. The van der Waals surface area contributed by atoms with Gasteiger partial charge >= 0.3 is 0 Å². The number of nitrogens with one attached hydrogen (secondary N) is 1. The topological polar surface area (TPSA) is 37.8 Å². The summed E-state index contributed by atoms with van der Waals surface area (Å²) >= 11 is 0. The van der Waals surface area contributed by atoms with E-state index in [1.54, 1.807) is 0 Å². The third-order valence-electron chi connectivity index (χ3n) is 3.89. The zero-order chi connectivity index (χ0) is 14.8. The van der Waals surface area contributed by atoms with Gasteiger partial charge in [0, 0.05) is 17.3 Å². The fraction of sp³-hybridized carbons (Fsp3) is 0.556. The SMILES string of the molecule is CCCCCCCCCCNc1nncc2ccccc12. The molecule has 0 fully saturated rings. The minimum atomic E-state index is 0.913. The first kappa shape index (κ1) is 15.7. The van der Waals surface area contributed by atoms with Crippen LogP contribution in [0.3, 0.4) is 0 Å². The van der Waals surface area contributed by atoms with Gasteiger partial charge < -0.3 is 5.32 Å². The van der Waals surface area contributed by atoms with Crippen LogP contribution in [0.5, 0.6) is 0 Å². The van der Waals surface area contributed by atoms with Crippen LogP contribution >= 0.6 is 0 Å². The van der Waals surface area contributed by atoms with Crippen LogP contribution in [0.25, 0.3) is 10.8 Å². The highest BCUT2D eigenvalue weighted by Crippen LogP contribution is 2.19. The molecule has 3 heteroatoms. The van der Waals surface area contributed by atoms with Crippen LogP contribution in [0.2, 0.25) is 0 Å². The molecule has 0 saturated heterocycles. The molecule has 0 aliphatic heterocycles. The number of fused-ring (bicyclic) bond motifs is 1. The predicted octanol–water partition coefficient (Wildman–Crippen LogP) is 5.18. The number of rotatable bonds is 10. The van der Waals surface area contributed by atoms with E-state index in [1.165, 1.54) is 51.4 Å². The molecular weight excluding hydrogens is 258 g/mol. The molecule has 0 bridgehead atoms. The summed E-state index contributed by atoms with van der Waals surface area (Å²) in [6, 6.07) is 8.25. The fourth-order valence-corrected chi connectivity index (χ4v) is 2.62. The van der Waals surface area contributed by atoms with Crippen LogP contribution < -0.4 is 5.32 Å². The van der Waals surface area contributed by atoms with Crippen LogP contribution in [0.1, 0.15) is 58.3 Å². The highest BCUT2D eigenvalue weighted by atomic mass is 15.2. The summed E-state index contributed by atoms with van der Waals surface area (Å²) < 4.78 is 0. The molecular formula is C18H27N3. The Bertz CT molecular complexity index is 519. The summed E-state index contributed by atoms with van der Waals surface area (Å²) in [4.78, 5) is 0. The maximum Gasteiger partial charge on any atom is 0.156 e. The molecule has 1 heterocycles. The molecule has 2 aromatic rings. The Hall–Kier alpha value is -1.64. The molecule has 0 aliphatic rings.